The number of hydrogen-bond acceptors (Lipinski definition) is 5. The molecule has 1 atom stereocenters. The fraction of sp³-hybridized carbons (Fsp3) is 0.474. The van der Waals surface area contributed by atoms with Crippen molar-refractivity contribution >= 4 is 22.4 Å². The maximum Gasteiger partial charge on any atom is 0.231 e. The molecule has 2 fully saturated rings. The van der Waals surface area contributed by atoms with Crippen LogP contribution in [0.5, 0.6) is 0 Å². The van der Waals surface area contributed by atoms with E-state index in [0.717, 1.165) is 43.0 Å². The summed E-state index contributed by atoms with van der Waals surface area (Å²) in [7, 11) is 0. The van der Waals surface area contributed by atoms with Gasteiger partial charge >= 0.3 is 0 Å². The number of nitrogens with zero attached hydrogens (tertiary/aromatic N) is 2. The minimum absolute atomic E-state index is 0.146. The van der Waals surface area contributed by atoms with Crippen molar-refractivity contribution in [3.05, 3.63) is 47.5 Å². The maximum atomic E-state index is 13.3. The molecule has 1 unspecified atom stereocenters. The van der Waals surface area contributed by atoms with Gasteiger partial charge in [-0.3, -0.25) is 4.79 Å². The number of benzene rings is 1. The Bertz CT molecular complexity index is 699. The Morgan fingerprint density at radius 2 is 2.08 bits per heavy atom. The molecule has 25 heavy (non-hydrogen) atoms. The molecule has 2 aliphatic rings. The zero-order chi connectivity index (χ0) is 17.1. The van der Waals surface area contributed by atoms with Crippen LogP contribution in [0, 0.1) is 0 Å². The van der Waals surface area contributed by atoms with Crippen molar-refractivity contribution in [3.63, 3.8) is 0 Å². The van der Waals surface area contributed by atoms with Gasteiger partial charge < -0.3 is 15.0 Å². The molecular formula is C19H23N3O2S. The number of hydrogen-bond donors (Lipinski definition) is 1. The molecule has 1 aromatic carbocycles. The SMILES string of the molecule is O=C(NC1CCN(c2nccs2)C1)C1(c2ccccc2)CCOCC1. The largest absolute Gasteiger partial charge is 0.381 e. The smallest absolute Gasteiger partial charge is 0.231 e. The predicted octanol–water partition coefficient (Wildman–Crippen LogP) is 2.59. The third-order valence-electron chi connectivity index (χ3n) is 5.32. The third-order valence-corrected chi connectivity index (χ3v) is 6.15. The van der Waals surface area contributed by atoms with E-state index < -0.39 is 5.41 Å². The number of ether oxygens (including phenoxy) is 1. The molecule has 2 aliphatic heterocycles. The van der Waals surface area contributed by atoms with Crippen LogP contribution in [0.25, 0.3) is 0 Å². The minimum atomic E-state index is -0.464. The summed E-state index contributed by atoms with van der Waals surface area (Å²) in [4.78, 5) is 19.9. The zero-order valence-electron chi connectivity index (χ0n) is 14.2. The molecular weight excluding hydrogens is 334 g/mol. The van der Waals surface area contributed by atoms with Gasteiger partial charge in [0.15, 0.2) is 5.13 Å². The summed E-state index contributed by atoms with van der Waals surface area (Å²) in [6.07, 6.45) is 4.28. The molecule has 2 saturated heterocycles. The van der Waals surface area contributed by atoms with Crippen LogP contribution in [0.2, 0.25) is 0 Å². The highest BCUT2D eigenvalue weighted by Gasteiger charge is 2.42. The molecule has 4 rings (SSSR count). The van der Waals surface area contributed by atoms with E-state index in [1.165, 1.54) is 0 Å². The van der Waals surface area contributed by atoms with Crippen LogP contribution >= 0.6 is 11.3 Å². The van der Waals surface area contributed by atoms with Crippen LogP contribution in [0.1, 0.15) is 24.8 Å². The number of anilines is 1. The van der Waals surface area contributed by atoms with Gasteiger partial charge in [0.05, 0.1) is 5.41 Å². The molecule has 1 amide bonds. The summed E-state index contributed by atoms with van der Waals surface area (Å²) in [6, 6.07) is 10.3. The molecule has 5 nitrogen and oxygen atoms in total. The lowest BCUT2D eigenvalue weighted by molar-refractivity contribution is -0.131. The second-order valence-electron chi connectivity index (χ2n) is 6.78. The number of nitrogens with one attached hydrogen (secondary N) is 1. The monoisotopic (exact) mass is 357 g/mol. The summed E-state index contributed by atoms with van der Waals surface area (Å²) in [5.74, 6) is 0.146. The minimum Gasteiger partial charge on any atom is -0.381 e. The van der Waals surface area contributed by atoms with Crippen molar-refractivity contribution in [2.24, 2.45) is 0 Å². The highest BCUT2D eigenvalue weighted by molar-refractivity contribution is 7.13. The van der Waals surface area contributed by atoms with Crippen LogP contribution in [-0.2, 0) is 14.9 Å². The first-order chi connectivity index (χ1) is 12.3. The second-order valence-corrected chi connectivity index (χ2v) is 7.65. The highest BCUT2D eigenvalue weighted by atomic mass is 32.1. The van der Waals surface area contributed by atoms with Gasteiger partial charge in [-0.15, -0.1) is 11.3 Å². The van der Waals surface area contributed by atoms with Gasteiger partial charge in [-0.1, -0.05) is 30.3 Å². The van der Waals surface area contributed by atoms with Crippen molar-refractivity contribution in [1.29, 1.82) is 0 Å². The van der Waals surface area contributed by atoms with Gasteiger partial charge in [-0.25, -0.2) is 4.98 Å². The van der Waals surface area contributed by atoms with Crippen molar-refractivity contribution in [3.8, 4) is 0 Å². The van der Waals surface area contributed by atoms with Gasteiger partial charge in [0.25, 0.3) is 0 Å². The first-order valence-corrected chi connectivity index (χ1v) is 9.75. The number of carbonyl (C=O) groups is 1. The number of rotatable bonds is 4. The Morgan fingerprint density at radius 3 is 2.80 bits per heavy atom. The molecule has 3 heterocycles. The number of aromatic nitrogens is 1. The quantitative estimate of drug-likeness (QED) is 0.914. The fourth-order valence-corrected chi connectivity index (χ4v) is 4.55. The lowest BCUT2D eigenvalue weighted by atomic mass is 9.73. The van der Waals surface area contributed by atoms with E-state index in [4.69, 9.17) is 4.74 Å². The van der Waals surface area contributed by atoms with Crippen LogP contribution < -0.4 is 10.2 Å². The number of carbonyl (C=O) groups excluding carboxylic acids is 1. The average Bonchev–Trinajstić information content (AvgIpc) is 3.34. The van der Waals surface area contributed by atoms with Gasteiger partial charge in [-0.05, 0) is 24.8 Å². The average molecular weight is 357 g/mol. The Morgan fingerprint density at radius 1 is 1.28 bits per heavy atom. The molecule has 132 valence electrons. The Labute approximate surface area is 152 Å². The summed E-state index contributed by atoms with van der Waals surface area (Å²) in [5.41, 5.74) is 0.638. The van der Waals surface area contributed by atoms with Gasteiger partial charge in [0, 0.05) is 43.9 Å². The molecule has 2 aromatic rings. The molecule has 0 spiro atoms. The molecule has 0 radical (unpaired) electrons. The summed E-state index contributed by atoms with van der Waals surface area (Å²) in [5, 5.41) is 6.36. The van der Waals surface area contributed by atoms with Gasteiger partial charge in [-0.2, -0.15) is 0 Å². The zero-order valence-corrected chi connectivity index (χ0v) is 15.0. The highest BCUT2D eigenvalue weighted by Crippen LogP contribution is 2.35. The molecule has 0 bridgehead atoms. The van der Waals surface area contributed by atoms with Crippen LogP contribution in [-0.4, -0.2) is 43.2 Å². The lowest BCUT2D eigenvalue weighted by Gasteiger charge is -2.37. The molecule has 1 N–H and O–H groups in total. The predicted molar refractivity (Wildman–Crippen MR) is 99.0 cm³/mol. The normalized spacial score (nSPS) is 22.7. The maximum absolute atomic E-state index is 13.3. The standard InChI is InChI=1S/C19H23N3O2S/c23-17(21-16-6-10-22(14-16)18-20-9-13-25-18)19(7-11-24-12-8-19)15-4-2-1-3-5-15/h1-5,9,13,16H,6-8,10-12,14H2,(H,21,23). The van der Waals surface area contributed by atoms with E-state index in [0.29, 0.717) is 13.2 Å². The number of thiazole rings is 1. The van der Waals surface area contributed by atoms with Crippen molar-refractivity contribution in [2.45, 2.75) is 30.7 Å². The van der Waals surface area contributed by atoms with Gasteiger partial charge in [0.1, 0.15) is 0 Å². The Balaban J connectivity index is 1.48. The summed E-state index contributed by atoms with van der Waals surface area (Å²) < 4.78 is 5.54. The molecule has 1 aromatic heterocycles. The Hall–Kier alpha value is -1.92. The first-order valence-electron chi connectivity index (χ1n) is 8.87. The fourth-order valence-electron chi connectivity index (χ4n) is 3.87. The van der Waals surface area contributed by atoms with E-state index in [2.05, 4.69) is 27.3 Å². The second kappa shape index (κ2) is 7.14. The van der Waals surface area contributed by atoms with Crippen LogP contribution in [0.4, 0.5) is 5.13 Å². The van der Waals surface area contributed by atoms with E-state index >= 15 is 0 Å². The molecule has 0 saturated carbocycles. The van der Waals surface area contributed by atoms with Gasteiger partial charge in [0.2, 0.25) is 5.91 Å². The van der Waals surface area contributed by atoms with E-state index in [1.54, 1.807) is 11.3 Å². The van der Waals surface area contributed by atoms with Crippen LogP contribution in [0.3, 0.4) is 0 Å². The molecule has 0 aliphatic carbocycles. The lowest BCUT2D eigenvalue weighted by Crippen LogP contribution is -2.51. The molecule has 6 heteroatoms. The van der Waals surface area contributed by atoms with E-state index in [1.807, 2.05) is 29.8 Å². The van der Waals surface area contributed by atoms with E-state index in [9.17, 15) is 4.79 Å². The number of amides is 1. The summed E-state index contributed by atoms with van der Waals surface area (Å²) in [6.45, 7) is 3.05. The van der Waals surface area contributed by atoms with Crippen molar-refractivity contribution in [1.82, 2.24) is 10.3 Å². The summed E-state index contributed by atoms with van der Waals surface area (Å²) >= 11 is 1.65. The van der Waals surface area contributed by atoms with E-state index in [-0.39, 0.29) is 11.9 Å². The van der Waals surface area contributed by atoms with Crippen molar-refractivity contribution in [2.75, 3.05) is 31.2 Å². The Kier molecular flexibility index (Phi) is 4.72. The first kappa shape index (κ1) is 16.5. The van der Waals surface area contributed by atoms with Crippen molar-refractivity contribution < 1.29 is 9.53 Å². The van der Waals surface area contributed by atoms with Crippen LogP contribution in [0.15, 0.2) is 41.9 Å². The topological polar surface area (TPSA) is 54.5 Å². The third kappa shape index (κ3) is 3.28.